The average Bonchev–Trinajstić information content (AvgIpc) is 3.64. The maximum atomic E-state index is 14.1. The molecule has 200 valence electrons. The van der Waals surface area contributed by atoms with Crippen molar-refractivity contribution >= 4 is 17.6 Å². The molecule has 1 saturated carbocycles. The molecule has 7 nitrogen and oxygen atoms in total. The van der Waals surface area contributed by atoms with E-state index in [0.717, 1.165) is 43.4 Å². The van der Waals surface area contributed by atoms with Crippen molar-refractivity contribution in [1.82, 2.24) is 15.1 Å². The molecule has 8 heteroatoms. The first-order valence-electron chi connectivity index (χ1n) is 13.3. The number of aryl methyl sites for hydroxylation is 1. The van der Waals surface area contributed by atoms with E-state index in [1.165, 1.54) is 16.8 Å². The highest BCUT2D eigenvalue weighted by atomic mass is 19.1. The molecule has 1 aliphatic carbocycles. The lowest BCUT2D eigenvalue weighted by atomic mass is 10.0. The molecule has 39 heavy (non-hydrogen) atoms. The van der Waals surface area contributed by atoms with Gasteiger partial charge in [-0.1, -0.05) is 50.1 Å². The van der Waals surface area contributed by atoms with Crippen LogP contribution >= 0.6 is 0 Å². The van der Waals surface area contributed by atoms with Crippen LogP contribution in [0, 0.1) is 5.82 Å². The molecule has 1 heterocycles. The Morgan fingerprint density at radius 2 is 1.77 bits per heavy atom. The van der Waals surface area contributed by atoms with Crippen molar-refractivity contribution < 1.29 is 19.1 Å². The van der Waals surface area contributed by atoms with E-state index in [9.17, 15) is 19.1 Å². The van der Waals surface area contributed by atoms with Crippen LogP contribution in [-0.4, -0.2) is 26.8 Å². The fraction of sp³-hybridized carbons (Fsp3) is 0.258. The molecule has 0 unspecified atom stereocenters. The molecule has 0 aliphatic heterocycles. The molecule has 0 bridgehead atoms. The molecule has 5 rings (SSSR count). The number of benzene rings is 3. The monoisotopic (exact) mass is 526 g/mol. The Hall–Kier alpha value is -4.46. The largest absolute Gasteiger partial charge is 0.507 e. The van der Waals surface area contributed by atoms with Crippen LogP contribution < -0.4 is 10.6 Å². The van der Waals surface area contributed by atoms with E-state index in [-0.39, 0.29) is 29.9 Å². The number of phenolic OH excluding ortho intramolecular Hbond substituents is 1. The summed E-state index contributed by atoms with van der Waals surface area (Å²) in [4.78, 5) is 26.0. The van der Waals surface area contributed by atoms with E-state index in [4.69, 9.17) is 0 Å². The number of phenols is 1. The van der Waals surface area contributed by atoms with E-state index in [1.807, 2.05) is 18.2 Å². The number of carbonyl (C=O) groups is 2. The molecule has 3 aromatic carbocycles. The van der Waals surface area contributed by atoms with Crippen LogP contribution in [-0.2, 0) is 13.0 Å². The SMILES string of the molecule is CCc1ccc(C(=O)Nc2ccc(O)c(-c3cc(C4CCCC4)n(C(=O)NCc4ccccc4F)n3)c2)cc1. The third kappa shape index (κ3) is 5.85. The van der Waals surface area contributed by atoms with Crippen LogP contribution in [0.4, 0.5) is 14.9 Å². The topological polar surface area (TPSA) is 96.2 Å². The summed E-state index contributed by atoms with van der Waals surface area (Å²) in [5, 5.41) is 20.9. The van der Waals surface area contributed by atoms with Crippen LogP contribution in [0.3, 0.4) is 0 Å². The molecule has 0 radical (unpaired) electrons. The average molecular weight is 527 g/mol. The molecular formula is C31H31FN4O3. The van der Waals surface area contributed by atoms with Gasteiger partial charge in [-0.05, 0) is 67.3 Å². The van der Waals surface area contributed by atoms with Gasteiger partial charge in [0.15, 0.2) is 0 Å². The summed E-state index contributed by atoms with van der Waals surface area (Å²) in [5.41, 5.74) is 4.11. The second-order valence-electron chi connectivity index (χ2n) is 9.83. The van der Waals surface area contributed by atoms with Gasteiger partial charge in [-0.2, -0.15) is 9.78 Å². The second-order valence-corrected chi connectivity index (χ2v) is 9.83. The molecule has 0 atom stereocenters. The van der Waals surface area contributed by atoms with Crippen molar-refractivity contribution in [1.29, 1.82) is 0 Å². The van der Waals surface area contributed by atoms with E-state index in [2.05, 4.69) is 22.7 Å². The molecule has 3 N–H and O–H groups in total. The van der Waals surface area contributed by atoms with Gasteiger partial charge < -0.3 is 15.7 Å². The van der Waals surface area contributed by atoms with Crippen LogP contribution in [0.15, 0.2) is 72.8 Å². The van der Waals surface area contributed by atoms with Crippen LogP contribution in [0.5, 0.6) is 5.75 Å². The normalized spacial score (nSPS) is 13.4. The number of nitrogens with zero attached hydrogens (tertiary/aromatic N) is 2. The van der Waals surface area contributed by atoms with Crippen molar-refractivity contribution in [2.45, 2.75) is 51.5 Å². The van der Waals surface area contributed by atoms with Crippen molar-refractivity contribution in [3.05, 3.63) is 101 Å². The quantitative estimate of drug-likeness (QED) is 0.236. The number of aromatic hydroxyl groups is 1. The zero-order valence-electron chi connectivity index (χ0n) is 21.8. The summed E-state index contributed by atoms with van der Waals surface area (Å²) in [7, 11) is 0. The Bertz CT molecular complexity index is 1490. The number of hydrogen-bond donors (Lipinski definition) is 3. The number of anilines is 1. The van der Waals surface area contributed by atoms with Gasteiger partial charge in [0, 0.05) is 34.8 Å². The third-order valence-corrected chi connectivity index (χ3v) is 7.25. The Labute approximate surface area is 226 Å². The molecule has 0 saturated heterocycles. The summed E-state index contributed by atoms with van der Waals surface area (Å²) < 4.78 is 15.4. The molecular weight excluding hydrogens is 495 g/mol. The zero-order chi connectivity index (χ0) is 27.4. The van der Waals surface area contributed by atoms with E-state index < -0.39 is 6.03 Å². The molecule has 1 aliphatic rings. The number of hydrogen-bond acceptors (Lipinski definition) is 4. The van der Waals surface area contributed by atoms with Gasteiger partial charge in [0.05, 0.1) is 11.4 Å². The number of carbonyl (C=O) groups excluding carboxylic acids is 2. The Morgan fingerprint density at radius 3 is 2.49 bits per heavy atom. The lowest BCUT2D eigenvalue weighted by Crippen LogP contribution is -2.31. The minimum absolute atomic E-state index is 0.0188. The number of aromatic nitrogens is 2. The van der Waals surface area contributed by atoms with E-state index >= 15 is 0 Å². The first-order valence-corrected chi connectivity index (χ1v) is 13.3. The highest BCUT2D eigenvalue weighted by Gasteiger charge is 2.26. The minimum atomic E-state index is -0.467. The smallest absolute Gasteiger partial charge is 0.342 e. The predicted molar refractivity (Wildman–Crippen MR) is 148 cm³/mol. The molecule has 1 aromatic heterocycles. The second kappa shape index (κ2) is 11.5. The minimum Gasteiger partial charge on any atom is -0.507 e. The maximum Gasteiger partial charge on any atom is 0.342 e. The number of amides is 2. The summed E-state index contributed by atoms with van der Waals surface area (Å²) in [6.45, 7) is 2.08. The molecule has 1 fully saturated rings. The van der Waals surface area contributed by atoms with Crippen LogP contribution in [0.2, 0.25) is 0 Å². The Kier molecular flexibility index (Phi) is 7.72. The summed E-state index contributed by atoms with van der Waals surface area (Å²) in [6, 6.07) is 19.8. The number of nitrogens with one attached hydrogen (secondary N) is 2. The predicted octanol–water partition coefficient (Wildman–Crippen LogP) is 6.63. The van der Waals surface area contributed by atoms with Gasteiger partial charge in [-0.15, -0.1) is 0 Å². The first kappa shape index (κ1) is 26.2. The van der Waals surface area contributed by atoms with Gasteiger partial charge >= 0.3 is 6.03 Å². The number of rotatable bonds is 7. The highest BCUT2D eigenvalue weighted by molar-refractivity contribution is 6.04. The summed E-state index contributed by atoms with van der Waals surface area (Å²) >= 11 is 0. The van der Waals surface area contributed by atoms with Gasteiger partial charge in [0.1, 0.15) is 11.6 Å². The first-order chi connectivity index (χ1) is 18.9. The van der Waals surface area contributed by atoms with Crippen molar-refractivity contribution in [2.24, 2.45) is 0 Å². The van der Waals surface area contributed by atoms with Crippen molar-refractivity contribution in [3.8, 4) is 17.0 Å². The zero-order valence-corrected chi connectivity index (χ0v) is 21.8. The fourth-order valence-corrected chi connectivity index (χ4v) is 5.00. The Morgan fingerprint density at radius 1 is 1.03 bits per heavy atom. The van der Waals surface area contributed by atoms with Gasteiger partial charge in [-0.25, -0.2) is 9.18 Å². The van der Waals surface area contributed by atoms with Gasteiger partial charge in [-0.3, -0.25) is 4.79 Å². The van der Waals surface area contributed by atoms with Gasteiger partial charge in [0.2, 0.25) is 0 Å². The lowest BCUT2D eigenvalue weighted by Gasteiger charge is -2.12. The fourth-order valence-electron chi connectivity index (χ4n) is 5.00. The van der Waals surface area contributed by atoms with Crippen molar-refractivity contribution in [3.63, 3.8) is 0 Å². The lowest BCUT2D eigenvalue weighted by molar-refractivity contribution is 0.102. The summed E-state index contributed by atoms with van der Waals surface area (Å²) in [5.74, 6) is -0.518. The van der Waals surface area contributed by atoms with E-state index in [1.54, 1.807) is 42.5 Å². The third-order valence-electron chi connectivity index (χ3n) is 7.25. The summed E-state index contributed by atoms with van der Waals surface area (Å²) in [6.07, 6.45) is 4.89. The van der Waals surface area contributed by atoms with Crippen LogP contribution in [0.1, 0.15) is 65.7 Å². The molecule has 2 amide bonds. The molecule has 0 spiro atoms. The Balaban J connectivity index is 1.41. The standard InChI is InChI=1S/C31H31FN4O3/c1-2-20-11-13-22(14-12-20)30(38)34-24-15-16-29(37)25(17-24)27-18-28(21-7-3-4-8-21)36(35-27)31(39)33-19-23-9-5-6-10-26(23)32/h5-6,9-18,21,37H,2-4,7-8,19H2,1H3,(H,33,39)(H,34,38). The van der Waals surface area contributed by atoms with Crippen molar-refractivity contribution in [2.75, 3.05) is 5.32 Å². The maximum absolute atomic E-state index is 14.1. The number of halogens is 1. The van der Waals surface area contributed by atoms with E-state index in [0.29, 0.717) is 28.1 Å². The van der Waals surface area contributed by atoms with Crippen LogP contribution in [0.25, 0.3) is 11.3 Å². The molecule has 4 aromatic rings. The van der Waals surface area contributed by atoms with Gasteiger partial charge in [0.25, 0.3) is 5.91 Å². The highest BCUT2D eigenvalue weighted by Crippen LogP contribution is 2.38.